The van der Waals surface area contributed by atoms with Crippen molar-refractivity contribution in [2.75, 3.05) is 12.3 Å². The summed E-state index contributed by atoms with van der Waals surface area (Å²) in [6.45, 7) is -0.282. The van der Waals surface area contributed by atoms with Gasteiger partial charge in [0.2, 0.25) is 0 Å². The molecule has 0 saturated carbocycles. The Balaban J connectivity index is 1.89. The molecule has 0 spiro atoms. The number of aromatic nitrogens is 4. The first kappa shape index (κ1) is 16.1. The first-order chi connectivity index (χ1) is 10.4. The number of aliphatic hydroxyl groups is 1. The normalized spacial score (nSPS) is 28.0. The number of rotatable bonds is 4. The molecule has 0 bridgehead atoms. The maximum atomic E-state index is 9.54. The maximum Gasteiger partial charge on any atom is 0.167 e. The molecule has 0 radical (unpaired) electrons. The van der Waals surface area contributed by atoms with E-state index in [0.717, 1.165) is 0 Å². The van der Waals surface area contributed by atoms with E-state index in [1.807, 2.05) is 0 Å². The summed E-state index contributed by atoms with van der Waals surface area (Å²) in [5.74, 6) is 0.268. The average Bonchev–Trinajstić information content (AvgIpc) is 3.01. The van der Waals surface area contributed by atoms with Crippen LogP contribution in [0.1, 0.15) is 12.6 Å². The zero-order valence-electron chi connectivity index (χ0n) is 11.1. The molecule has 1 unspecified atom stereocenters. The van der Waals surface area contributed by atoms with E-state index >= 15 is 0 Å². The van der Waals surface area contributed by atoms with Crippen molar-refractivity contribution in [3.05, 3.63) is 12.7 Å². The van der Waals surface area contributed by atoms with Crippen LogP contribution in [0.3, 0.4) is 0 Å². The van der Waals surface area contributed by atoms with E-state index in [1.54, 1.807) is 4.57 Å². The minimum Gasteiger partial charge on any atom is -0.692 e. The molecule has 120 valence electrons. The van der Waals surface area contributed by atoms with Gasteiger partial charge in [0.25, 0.3) is 0 Å². The van der Waals surface area contributed by atoms with E-state index in [0.29, 0.717) is 17.6 Å². The molecule has 22 heavy (non-hydrogen) atoms. The fourth-order valence-corrected chi connectivity index (χ4v) is 3.63. The zero-order valence-corrected chi connectivity index (χ0v) is 13.7. The van der Waals surface area contributed by atoms with Gasteiger partial charge in [-0.25, -0.2) is 15.0 Å². The molecular weight excluding hydrogens is 349 g/mol. The van der Waals surface area contributed by atoms with E-state index in [-0.39, 0.29) is 12.4 Å². The highest BCUT2D eigenvalue weighted by atomic mass is 32.9. The number of ether oxygens (including phenoxy) is 1. The summed E-state index contributed by atoms with van der Waals surface area (Å²) < 4.78 is 12.7. The van der Waals surface area contributed by atoms with Crippen LogP contribution >= 0.6 is 5.69 Å². The highest BCUT2D eigenvalue weighted by molar-refractivity contribution is 8.51. The van der Waals surface area contributed by atoms with Crippen molar-refractivity contribution >= 4 is 46.7 Å². The van der Waals surface area contributed by atoms with Gasteiger partial charge >= 0.3 is 0 Å². The van der Waals surface area contributed by atoms with Gasteiger partial charge in [0.1, 0.15) is 24.2 Å². The van der Waals surface area contributed by atoms with Crippen LogP contribution in [0.5, 0.6) is 0 Å². The molecule has 4 atom stereocenters. The quantitative estimate of drug-likeness (QED) is 0.498. The lowest BCUT2D eigenvalue weighted by Gasteiger charge is -2.27. The largest absolute Gasteiger partial charge is 0.692 e. The highest BCUT2D eigenvalue weighted by Gasteiger charge is 2.38. The molecule has 0 aromatic carbocycles. The second kappa shape index (κ2) is 6.00. The van der Waals surface area contributed by atoms with Crippen molar-refractivity contribution in [1.29, 1.82) is 0 Å². The number of imidazole rings is 1. The molecule has 12 heteroatoms. The van der Waals surface area contributed by atoms with Crippen molar-refractivity contribution in [3.63, 3.8) is 0 Å². The van der Waals surface area contributed by atoms with Gasteiger partial charge in [-0.2, -0.15) is 0 Å². The number of nitrogens with zero attached hydrogens (tertiary/aromatic N) is 4. The lowest BCUT2D eigenvalue weighted by atomic mass is 10.2. The summed E-state index contributed by atoms with van der Waals surface area (Å²) in [6.07, 6.45) is 1.48. The van der Waals surface area contributed by atoms with Crippen LogP contribution in [0.4, 0.5) is 5.82 Å². The predicted molar refractivity (Wildman–Crippen MR) is 84.1 cm³/mol. The number of aliphatic hydroxyl groups excluding tert-OH is 1. The van der Waals surface area contributed by atoms with Gasteiger partial charge in [0.05, 0.1) is 24.7 Å². The molecule has 1 fully saturated rings. The fourth-order valence-electron chi connectivity index (χ4n) is 2.40. The molecule has 2 aromatic heterocycles. The van der Waals surface area contributed by atoms with E-state index in [2.05, 4.69) is 15.0 Å². The Bertz CT molecular complexity index is 737. The SMILES string of the molecule is Nc1ncnc2c1ncn2[C@H]1C[C@H](OP(O)(=S)[S-])[C@@H](CO)O1. The van der Waals surface area contributed by atoms with Gasteiger partial charge in [0.15, 0.2) is 11.5 Å². The van der Waals surface area contributed by atoms with Gasteiger partial charge in [-0.05, 0) is 0 Å². The first-order valence-corrected chi connectivity index (χ1v) is 9.99. The lowest BCUT2D eigenvalue weighted by Crippen LogP contribution is -2.26. The summed E-state index contributed by atoms with van der Waals surface area (Å²) in [5.41, 5.74) is 3.45. The molecule has 4 N–H and O–H groups in total. The van der Waals surface area contributed by atoms with Crippen LogP contribution in [0.15, 0.2) is 12.7 Å². The summed E-state index contributed by atoms with van der Waals surface area (Å²) in [7, 11) is 0. The highest BCUT2D eigenvalue weighted by Crippen LogP contribution is 2.45. The van der Waals surface area contributed by atoms with Gasteiger partial charge in [0, 0.05) is 6.42 Å². The second-order valence-electron chi connectivity index (χ2n) is 4.74. The smallest absolute Gasteiger partial charge is 0.167 e. The van der Waals surface area contributed by atoms with Gasteiger partial charge < -0.3 is 37.2 Å². The average molecular weight is 362 g/mol. The molecule has 9 nitrogen and oxygen atoms in total. The van der Waals surface area contributed by atoms with Gasteiger partial charge in [-0.3, -0.25) is 4.57 Å². The number of hydrogen-bond acceptors (Lipinski definition) is 9. The number of fused-ring (bicyclic) bond motifs is 1. The summed E-state index contributed by atoms with van der Waals surface area (Å²) in [5, 5.41) is 9.39. The number of hydrogen-bond donors (Lipinski definition) is 3. The zero-order chi connectivity index (χ0) is 15.9. The van der Waals surface area contributed by atoms with Crippen LogP contribution in [-0.4, -0.2) is 48.3 Å². The minimum atomic E-state index is -3.27. The summed E-state index contributed by atoms with van der Waals surface area (Å²) >= 11 is 9.44. The molecular formula is C10H13N5O4PS2-. The van der Waals surface area contributed by atoms with E-state index in [9.17, 15) is 10.00 Å². The maximum absolute atomic E-state index is 9.54. The van der Waals surface area contributed by atoms with Crippen LogP contribution in [0.25, 0.3) is 11.2 Å². The fraction of sp³-hybridized carbons (Fsp3) is 0.500. The first-order valence-electron chi connectivity index (χ1n) is 6.30. The Labute approximate surface area is 135 Å². The van der Waals surface area contributed by atoms with Crippen molar-refractivity contribution in [3.8, 4) is 0 Å². The minimum absolute atomic E-state index is 0.268. The van der Waals surface area contributed by atoms with Crippen molar-refractivity contribution in [2.45, 2.75) is 24.9 Å². The van der Waals surface area contributed by atoms with Crippen molar-refractivity contribution < 1.29 is 19.3 Å². The number of nitrogen functional groups attached to an aromatic ring is 1. The van der Waals surface area contributed by atoms with Crippen molar-refractivity contribution in [2.24, 2.45) is 0 Å². The van der Waals surface area contributed by atoms with Crippen LogP contribution in [-0.2, 0) is 33.3 Å². The Hall–Kier alpha value is -0.810. The standard InChI is InChI=1S/C10H14N5O4PS2/c11-9-8-10(13-3-12-9)15(4-14-8)7-1-5(6(2-16)18-7)19-20(17,21)22/h3-7,16H,1-2H2,(H2,11,12,13)(H2,17,21,22)/p-1/t5-,6+,7+/m0/s1. The Morgan fingerprint density at radius 2 is 2.32 bits per heavy atom. The Kier molecular flexibility index (Phi) is 4.38. The molecule has 0 aliphatic carbocycles. The molecule has 1 saturated heterocycles. The molecule has 1 aliphatic rings. The van der Waals surface area contributed by atoms with Crippen molar-refractivity contribution in [1.82, 2.24) is 19.5 Å². The third-order valence-electron chi connectivity index (χ3n) is 3.33. The topological polar surface area (TPSA) is 129 Å². The molecule has 3 heterocycles. The monoisotopic (exact) mass is 362 g/mol. The third kappa shape index (κ3) is 3.11. The number of nitrogens with two attached hydrogens (primary N) is 1. The number of anilines is 1. The van der Waals surface area contributed by atoms with Crippen LogP contribution < -0.4 is 5.73 Å². The predicted octanol–water partition coefficient (Wildman–Crippen LogP) is -0.163. The Morgan fingerprint density at radius 1 is 1.55 bits per heavy atom. The summed E-state index contributed by atoms with van der Waals surface area (Å²) in [4.78, 5) is 21.7. The molecule has 3 rings (SSSR count). The van der Waals surface area contributed by atoms with E-state index in [4.69, 9.17) is 39.0 Å². The third-order valence-corrected chi connectivity index (χ3v) is 4.38. The summed E-state index contributed by atoms with van der Waals surface area (Å²) in [6, 6.07) is 0. The Morgan fingerprint density at radius 3 is 3.00 bits per heavy atom. The second-order valence-corrected chi connectivity index (χ2v) is 9.55. The molecule has 1 aliphatic heterocycles. The van der Waals surface area contributed by atoms with Gasteiger partial charge in [-0.1, -0.05) is 11.8 Å². The van der Waals surface area contributed by atoms with E-state index in [1.165, 1.54) is 12.7 Å². The molecule has 2 aromatic rings. The van der Waals surface area contributed by atoms with E-state index < -0.39 is 24.1 Å². The van der Waals surface area contributed by atoms with Crippen LogP contribution in [0, 0.1) is 0 Å². The van der Waals surface area contributed by atoms with Gasteiger partial charge in [-0.15, -0.1) is 0 Å². The van der Waals surface area contributed by atoms with Crippen LogP contribution in [0.2, 0.25) is 0 Å². The molecule has 0 amide bonds. The lowest BCUT2D eigenvalue weighted by molar-refractivity contribution is -0.0386.